The van der Waals surface area contributed by atoms with Gasteiger partial charge in [0, 0.05) is 30.6 Å². The molecule has 4 nitrogen and oxygen atoms in total. The summed E-state index contributed by atoms with van der Waals surface area (Å²) in [5.41, 5.74) is 1.60. The Morgan fingerprint density at radius 2 is 1.62 bits per heavy atom. The number of hydrogen-bond acceptors (Lipinski definition) is 4. The number of hydrogen-bond donors (Lipinski definition) is 2. The third-order valence-electron chi connectivity index (χ3n) is 5.08. The number of aromatic nitrogens is 2. The minimum Gasteiger partial charge on any atom is -0.366 e. The van der Waals surface area contributed by atoms with Crippen LogP contribution in [-0.4, -0.2) is 16.0 Å². The van der Waals surface area contributed by atoms with Gasteiger partial charge in [0.25, 0.3) is 0 Å². The van der Waals surface area contributed by atoms with Crippen LogP contribution in [0.3, 0.4) is 0 Å². The third kappa shape index (κ3) is 4.48. The maximum Gasteiger partial charge on any atom is 0.225 e. The van der Waals surface area contributed by atoms with Crippen molar-refractivity contribution in [3.8, 4) is 0 Å². The van der Waals surface area contributed by atoms with E-state index in [1.807, 2.05) is 6.07 Å². The zero-order valence-corrected chi connectivity index (χ0v) is 14.8. The van der Waals surface area contributed by atoms with Crippen molar-refractivity contribution in [1.82, 2.24) is 9.97 Å². The van der Waals surface area contributed by atoms with Crippen LogP contribution in [-0.2, 0) is 6.54 Å². The first-order chi connectivity index (χ1) is 12.7. The summed E-state index contributed by atoms with van der Waals surface area (Å²) in [6.45, 7) is 0.318. The summed E-state index contributed by atoms with van der Waals surface area (Å²) in [4.78, 5) is 9.27. The van der Waals surface area contributed by atoms with Gasteiger partial charge in [-0.1, -0.05) is 19.3 Å². The average molecular weight is 358 g/mol. The van der Waals surface area contributed by atoms with Gasteiger partial charge in [-0.25, -0.2) is 13.8 Å². The van der Waals surface area contributed by atoms with Crippen molar-refractivity contribution in [1.29, 1.82) is 0 Å². The fourth-order valence-corrected chi connectivity index (χ4v) is 3.54. The van der Waals surface area contributed by atoms with Gasteiger partial charge in [0.05, 0.1) is 5.69 Å². The summed E-state index contributed by atoms with van der Waals surface area (Å²) in [5.74, 6) is 0.738. The Bertz CT molecular complexity index is 750. The highest BCUT2D eigenvalue weighted by atomic mass is 19.1. The molecule has 1 aromatic carbocycles. The summed E-state index contributed by atoms with van der Waals surface area (Å²) in [6, 6.07) is 5.94. The summed E-state index contributed by atoms with van der Waals surface area (Å²) < 4.78 is 26.7. The predicted octanol–water partition coefficient (Wildman–Crippen LogP) is 4.99. The van der Waals surface area contributed by atoms with Crippen LogP contribution in [0.25, 0.3) is 0 Å². The number of benzene rings is 1. The van der Waals surface area contributed by atoms with Crippen molar-refractivity contribution in [3.05, 3.63) is 47.2 Å². The second-order valence-electron chi connectivity index (χ2n) is 7.39. The largest absolute Gasteiger partial charge is 0.366 e. The second kappa shape index (κ2) is 7.56. The molecule has 6 heteroatoms. The van der Waals surface area contributed by atoms with Crippen molar-refractivity contribution in [2.24, 2.45) is 0 Å². The summed E-state index contributed by atoms with van der Waals surface area (Å²) in [7, 11) is 0. The predicted molar refractivity (Wildman–Crippen MR) is 98.2 cm³/mol. The van der Waals surface area contributed by atoms with Crippen LogP contribution in [0.4, 0.5) is 20.5 Å². The molecule has 0 amide bonds. The SMILES string of the molecule is Fc1cc(F)cc(CNc2cc(C3CC3)nc(NC3CCCCC3)n2)c1. The van der Waals surface area contributed by atoms with Crippen LogP contribution in [0.2, 0.25) is 0 Å². The van der Waals surface area contributed by atoms with E-state index in [4.69, 9.17) is 4.98 Å². The Kier molecular flexibility index (Phi) is 5.00. The summed E-state index contributed by atoms with van der Waals surface area (Å²) in [5, 5.41) is 6.67. The first-order valence-corrected chi connectivity index (χ1v) is 9.50. The van der Waals surface area contributed by atoms with E-state index >= 15 is 0 Å². The lowest BCUT2D eigenvalue weighted by Crippen LogP contribution is -2.24. The van der Waals surface area contributed by atoms with Crippen molar-refractivity contribution in [2.75, 3.05) is 10.6 Å². The Balaban J connectivity index is 1.48. The van der Waals surface area contributed by atoms with Gasteiger partial charge >= 0.3 is 0 Å². The number of nitrogens with zero attached hydrogens (tertiary/aromatic N) is 2. The van der Waals surface area contributed by atoms with Crippen LogP contribution in [0.5, 0.6) is 0 Å². The number of anilines is 2. The molecule has 2 N–H and O–H groups in total. The molecule has 1 aromatic heterocycles. The summed E-state index contributed by atoms with van der Waals surface area (Å²) in [6.07, 6.45) is 8.43. The molecule has 0 spiro atoms. The normalized spacial score (nSPS) is 17.9. The molecule has 2 saturated carbocycles. The zero-order valence-electron chi connectivity index (χ0n) is 14.8. The molecule has 0 saturated heterocycles. The van der Waals surface area contributed by atoms with Gasteiger partial charge < -0.3 is 10.6 Å². The van der Waals surface area contributed by atoms with Crippen molar-refractivity contribution in [3.63, 3.8) is 0 Å². The fourth-order valence-electron chi connectivity index (χ4n) is 3.54. The molecule has 2 aliphatic rings. The van der Waals surface area contributed by atoms with Gasteiger partial charge in [-0.15, -0.1) is 0 Å². The topological polar surface area (TPSA) is 49.8 Å². The standard InChI is InChI=1S/C20H24F2N4/c21-15-8-13(9-16(22)10-15)12-23-19-11-18(14-6-7-14)25-20(26-19)24-17-4-2-1-3-5-17/h8-11,14,17H,1-7,12H2,(H2,23,24,25,26). The van der Waals surface area contributed by atoms with Crippen LogP contribution >= 0.6 is 0 Å². The third-order valence-corrected chi connectivity index (χ3v) is 5.08. The number of halogens is 2. The molecule has 0 aliphatic heterocycles. The van der Waals surface area contributed by atoms with Crippen molar-refractivity contribution < 1.29 is 8.78 Å². The molecule has 26 heavy (non-hydrogen) atoms. The highest BCUT2D eigenvalue weighted by Crippen LogP contribution is 2.40. The van der Waals surface area contributed by atoms with E-state index in [2.05, 4.69) is 15.6 Å². The van der Waals surface area contributed by atoms with Crippen LogP contribution in [0.1, 0.15) is 62.1 Å². The van der Waals surface area contributed by atoms with Gasteiger partial charge in [-0.2, -0.15) is 4.98 Å². The van der Waals surface area contributed by atoms with E-state index in [1.54, 1.807) is 0 Å². The minimum absolute atomic E-state index is 0.318. The number of rotatable bonds is 6. The van der Waals surface area contributed by atoms with Gasteiger partial charge in [0.1, 0.15) is 17.5 Å². The molecule has 0 radical (unpaired) electrons. The minimum atomic E-state index is -0.567. The van der Waals surface area contributed by atoms with E-state index in [0.717, 1.165) is 37.4 Å². The monoisotopic (exact) mass is 358 g/mol. The van der Waals surface area contributed by atoms with Crippen LogP contribution in [0, 0.1) is 11.6 Å². The van der Waals surface area contributed by atoms with Gasteiger partial charge in [-0.05, 0) is 43.4 Å². The average Bonchev–Trinajstić information content (AvgIpc) is 3.45. The van der Waals surface area contributed by atoms with E-state index in [-0.39, 0.29) is 0 Å². The molecular formula is C20H24F2N4. The molecule has 2 aromatic rings. The van der Waals surface area contributed by atoms with Crippen LogP contribution in [0.15, 0.2) is 24.3 Å². The molecule has 0 atom stereocenters. The first kappa shape index (κ1) is 17.2. The number of nitrogens with one attached hydrogen (secondary N) is 2. The maximum atomic E-state index is 13.4. The molecule has 0 unspecified atom stereocenters. The molecule has 138 valence electrons. The molecule has 0 bridgehead atoms. The lowest BCUT2D eigenvalue weighted by Gasteiger charge is -2.23. The van der Waals surface area contributed by atoms with Crippen molar-refractivity contribution in [2.45, 2.75) is 63.5 Å². The highest BCUT2D eigenvalue weighted by molar-refractivity contribution is 5.45. The van der Waals surface area contributed by atoms with Gasteiger partial charge in [0.15, 0.2) is 0 Å². The molecule has 1 heterocycles. The lowest BCUT2D eigenvalue weighted by molar-refractivity contribution is 0.460. The van der Waals surface area contributed by atoms with E-state index in [0.29, 0.717) is 35.8 Å². The molecule has 2 fully saturated rings. The van der Waals surface area contributed by atoms with E-state index in [1.165, 1.54) is 31.4 Å². The molecular weight excluding hydrogens is 334 g/mol. The van der Waals surface area contributed by atoms with Gasteiger partial charge in [-0.3, -0.25) is 0 Å². The summed E-state index contributed by atoms with van der Waals surface area (Å²) >= 11 is 0. The van der Waals surface area contributed by atoms with E-state index < -0.39 is 11.6 Å². The zero-order chi connectivity index (χ0) is 17.9. The molecule has 4 rings (SSSR count). The van der Waals surface area contributed by atoms with E-state index in [9.17, 15) is 8.78 Å². The lowest BCUT2D eigenvalue weighted by atomic mass is 9.96. The second-order valence-corrected chi connectivity index (χ2v) is 7.39. The van der Waals surface area contributed by atoms with Gasteiger partial charge in [0.2, 0.25) is 5.95 Å². The van der Waals surface area contributed by atoms with Crippen molar-refractivity contribution >= 4 is 11.8 Å². The first-order valence-electron chi connectivity index (χ1n) is 9.50. The Morgan fingerprint density at radius 1 is 0.885 bits per heavy atom. The Morgan fingerprint density at radius 3 is 2.31 bits per heavy atom. The molecule has 2 aliphatic carbocycles. The fraction of sp³-hybridized carbons (Fsp3) is 0.500. The quantitative estimate of drug-likeness (QED) is 0.764. The Hall–Kier alpha value is -2.24. The maximum absolute atomic E-state index is 13.4. The van der Waals surface area contributed by atoms with Crippen LogP contribution < -0.4 is 10.6 Å². The Labute approximate surface area is 152 Å². The smallest absolute Gasteiger partial charge is 0.225 e. The highest BCUT2D eigenvalue weighted by Gasteiger charge is 2.26.